The van der Waals surface area contributed by atoms with Crippen LogP contribution in [0.4, 0.5) is 5.95 Å². The molecule has 0 amide bonds. The topological polar surface area (TPSA) is 29.9 Å². The fourth-order valence-electron chi connectivity index (χ4n) is 2.65. The Morgan fingerprint density at radius 2 is 2.25 bits per heavy atom. The van der Waals surface area contributed by atoms with Crippen molar-refractivity contribution < 1.29 is 0 Å². The lowest BCUT2D eigenvalue weighted by Gasteiger charge is -2.28. The summed E-state index contributed by atoms with van der Waals surface area (Å²) in [6.07, 6.45) is 9.50. The Hall–Kier alpha value is -0.990. The van der Waals surface area contributed by atoms with Gasteiger partial charge in [-0.25, -0.2) is 4.98 Å². The van der Waals surface area contributed by atoms with Gasteiger partial charge in [-0.1, -0.05) is 26.2 Å². The molecule has 0 aromatic carbocycles. The molecule has 2 atom stereocenters. The van der Waals surface area contributed by atoms with Gasteiger partial charge in [-0.15, -0.1) is 0 Å². The van der Waals surface area contributed by atoms with Crippen molar-refractivity contribution in [3.8, 4) is 0 Å². The number of nitrogens with zero attached hydrogens (tertiary/aromatic N) is 2. The number of aromatic nitrogens is 2. The summed E-state index contributed by atoms with van der Waals surface area (Å²) < 4.78 is 2.16. The van der Waals surface area contributed by atoms with Gasteiger partial charge in [0.25, 0.3) is 0 Å². The minimum absolute atomic E-state index is 0.829. The van der Waals surface area contributed by atoms with E-state index in [9.17, 15) is 0 Å². The fraction of sp³-hybridized carbons (Fsp3) is 0.769. The van der Waals surface area contributed by atoms with Gasteiger partial charge in [-0.3, -0.25) is 0 Å². The van der Waals surface area contributed by atoms with Gasteiger partial charge in [0.05, 0.1) is 0 Å². The fourth-order valence-corrected chi connectivity index (χ4v) is 2.65. The molecule has 16 heavy (non-hydrogen) atoms. The zero-order chi connectivity index (χ0) is 11.4. The summed E-state index contributed by atoms with van der Waals surface area (Å²) in [5.41, 5.74) is 0. The third-order valence-corrected chi connectivity index (χ3v) is 3.87. The molecule has 1 aliphatic rings. The molecule has 0 radical (unpaired) electrons. The second kappa shape index (κ2) is 5.37. The highest BCUT2D eigenvalue weighted by molar-refractivity contribution is 5.25. The summed E-state index contributed by atoms with van der Waals surface area (Å²) in [5.74, 6) is 2.72. The van der Waals surface area contributed by atoms with Gasteiger partial charge in [0.15, 0.2) is 0 Å². The number of hydrogen-bond donors (Lipinski definition) is 1. The number of hydrogen-bond acceptors (Lipinski definition) is 2. The molecule has 2 rings (SSSR count). The zero-order valence-corrected chi connectivity index (χ0v) is 10.4. The molecule has 0 bridgehead atoms. The molecule has 1 N–H and O–H groups in total. The van der Waals surface area contributed by atoms with Crippen LogP contribution < -0.4 is 5.32 Å². The third kappa shape index (κ3) is 2.57. The number of anilines is 1. The maximum Gasteiger partial charge on any atom is 0.202 e. The average molecular weight is 221 g/mol. The quantitative estimate of drug-likeness (QED) is 0.846. The van der Waals surface area contributed by atoms with Crippen LogP contribution in [0.2, 0.25) is 0 Å². The van der Waals surface area contributed by atoms with Crippen molar-refractivity contribution in [2.75, 3.05) is 11.9 Å². The molecular formula is C13H23N3. The van der Waals surface area contributed by atoms with Gasteiger partial charge in [0, 0.05) is 25.5 Å². The Morgan fingerprint density at radius 1 is 1.44 bits per heavy atom. The summed E-state index contributed by atoms with van der Waals surface area (Å²) in [4.78, 5) is 4.35. The standard InChI is InChI=1S/C13H23N3/c1-3-16-9-8-14-13(16)15-10-12-7-5-4-6-11(12)2/h8-9,11-12H,3-7,10H2,1-2H3,(H,14,15). The summed E-state index contributed by atoms with van der Waals surface area (Å²) >= 11 is 0. The Labute approximate surface area is 98.3 Å². The van der Waals surface area contributed by atoms with E-state index >= 15 is 0 Å². The highest BCUT2D eigenvalue weighted by atomic mass is 15.2. The monoisotopic (exact) mass is 221 g/mol. The molecule has 1 fully saturated rings. The normalized spacial score (nSPS) is 25.6. The van der Waals surface area contributed by atoms with Crippen LogP contribution in [0.15, 0.2) is 12.4 Å². The highest BCUT2D eigenvalue weighted by Gasteiger charge is 2.21. The molecular weight excluding hydrogens is 198 g/mol. The first-order chi connectivity index (χ1) is 7.81. The van der Waals surface area contributed by atoms with E-state index in [2.05, 4.69) is 28.7 Å². The molecule has 1 heterocycles. The summed E-state index contributed by atoms with van der Waals surface area (Å²) in [6, 6.07) is 0. The second-order valence-corrected chi connectivity index (χ2v) is 4.94. The van der Waals surface area contributed by atoms with Crippen molar-refractivity contribution in [1.29, 1.82) is 0 Å². The molecule has 0 saturated heterocycles. The number of nitrogens with one attached hydrogen (secondary N) is 1. The van der Waals surface area contributed by atoms with E-state index in [0.717, 1.165) is 30.9 Å². The maximum atomic E-state index is 4.35. The molecule has 1 aromatic heterocycles. The number of imidazole rings is 1. The van der Waals surface area contributed by atoms with E-state index in [4.69, 9.17) is 0 Å². The second-order valence-electron chi connectivity index (χ2n) is 4.94. The summed E-state index contributed by atoms with van der Waals surface area (Å²) in [5, 5.41) is 3.50. The van der Waals surface area contributed by atoms with Crippen LogP contribution in [0.5, 0.6) is 0 Å². The van der Waals surface area contributed by atoms with Crippen molar-refractivity contribution in [1.82, 2.24) is 9.55 Å². The van der Waals surface area contributed by atoms with Crippen LogP contribution in [-0.2, 0) is 6.54 Å². The largest absolute Gasteiger partial charge is 0.355 e. The van der Waals surface area contributed by atoms with Gasteiger partial charge in [0.2, 0.25) is 5.95 Å². The van der Waals surface area contributed by atoms with Gasteiger partial charge >= 0.3 is 0 Å². The molecule has 0 aliphatic heterocycles. The zero-order valence-electron chi connectivity index (χ0n) is 10.4. The molecule has 1 saturated carbocycles. The molecule has 3 heteroatoms. The lowest BCUT2D eigenvalue weighted by molar-refractivity contribution is 0.268. The van der Waals surface area contributed by atoms with Crippen molar-refractivity contribution in [3.63, 3.8) is 0 Å². The maximum absolute atomic E-state index is 4.35. The van der Waals surface area contributed by atoms with E-state index in [0.29, 0.717) is 0 Å². The summed E-state index contributed by atoms with van der Waals surface area (Å²) in [6.45, 7) is 6.61. The van der Waals surface area contributed by atoms with Crippen LogP contribution in [0, 0.1) is 11.8 Å². The van der Waals surface area contributed by atoms with E-state index in [1.165, 1.54) is 25.7 Å². The molecule has 1 aliphatic carbocycles. The van der Waals surface area contributed by atoms with Crippen molar-refractivity contribution in [3.05, 3.63) is 12.4 Å². The Bertz CT molecular complexity index is 319. The molecule has 1 aromatic rings. The predicted molar refractivity (Wildman–Crippen MR) is 67.5 cm³/mol. The molecule has 2 unspecified atom stereocenters. The minimum atomic E-state index is 0.829. The van der Waals surface area contributed by atoms with Gasteiger partial charge in [-0.05, 0) is 25.2 Å². The Balaban J connectivity index is 1.86. The number of aryl methyl sites for hydroxylation is 1. The van der Waals surface area contributed by atoms with E-state index in [1.807, 2.05) is 12.4 Å². The SMILES string of the molecule is CCn1ccnc1NCC1CCCCC1C. The number of rotatable bonds is 4. The van der Waals surface area contributed by atoms with Gasteiger partial charge < -0.3 is 9.88 Å². The summed E-state index contributed by atoms with van der Waals surface area (Å²) in [7, 11) is 0. The first-order valence-electron chi connectivity index (χ1n) is 6.56. The van der Waals surface area contributed by atoms with E-state index < -0.39 is 0 Å². The van der Waals surface area contributed by atoms with Gasteiger partial charge in [0.1, 0.15) is 0 Å². The van der Waals surface area contributed by atoms with Crippen molar-refractivity contribution in [2.45, 2.75) is 46.1 Å². The Morgan fingerprint density at radius 3 is 3.00 bits per heavy atom. The van der Waals surface area contributed by atoms with Crippen molar-refractivity contribution >= 4 is 5.95 Å². The lowest BCUT2D eigenvalue weighted by atomic mass is 9.80. The first kappa shape index (κ1) is 11.5. The van der Waals surface area contributed by atoms with Gasteiger partial charge in [-0.2, -0.15) is 0 Å². The predicted octanol–water partition coefficient (Wildman–Crippen LogP) is 3.14. The highest BCUT2D eigenvalue weighted by Crippen LogP contribution is 2.29. The smallest absolute Gasteiger partial charge is 0.202 e. The third-order valence-electron chi connectivity index (χ3n) is 3.87. The molecule has 90 valence electrons. The molecule has 0 spiro atoms. The van der Waals surface area contributed by atoms with Crippen LogP contribution in [0.1, 0.15) is 39.5 Å². The van der Waals surface area contributed by atoms with Crippen LogP contribution in [0.25, 0.3) is 0 Å². The van der Waals surface area contributed by atoms with Crippen LogP contribution in [-0.4, -0.2) is 16.1 Å². The van der Waals surface area contributed by atoms with Crippen molar-refractivity contribution in [2.24, 2.45) is 11.8 Å². The minimum Gasteiger partial charge on any atom is -0.355 e. The van der Waals surface area contributed by atoms with E-state index in [-0.39, 0.29) is 0 Å². The Kier molecular flexibility index (Phi) is 3.86. The first-order valence-corrected chi connectivity index (χ1v) is 6.56. The average Bonchev–Trinajstić information content (AvgIpc) is 2.75. The molecule has 3 nitrogen and oxygen atoms in total. The lowest BCUT2D eigenvalue weighted by Crippen LogP contribution is -2.25. The van der Waals surface area contributed by atoms with Crippen LogP contribution >= 0.6 is 0 Å². The van der Waals surface area contributed by atoms with E-state index in [1.54, 1.807) is 0 Å². The van der Waals surface area contributed by atoms with Crippen LogP contribution in [0.3, 0.4) is 0 Å².